The van der Waals surface area contributed by atoms with Crippen LogP contribution in [0.1, 0.15) is 37.3 Å². The molecular weight excluding hydrogens is 607 g/mol. The van der Waals surface area contributed by atoms with Crippen LogP contribution in [0.25, 0.3) is 11.3 Å². The lowest BCUT2D eigenvalue weighted by atomic mass is 9.88. The molecule has 44 heavy (non-hydrogen) atoms. The Kier molecular flexibility index (Phi) is 9.54. The van der Waals surface area contributed by atoms with Crippen molar-refractivity contribution in [3.05, 3.63) is 64.6 Å². The predicted molar refractivity (Wildman–Crippen MR) is 149 cm³/mol. The van der Waals surface area contributed by atoms with Crippen LogP contribution in [0, 0.1) is 28.8 Å². The Balaban J connectivity index is 1.56. The van der Waals surface area contributed by atoms with Crippen molar-refractivity contribution in [2.45, 2.75) is 68.3 Å². The fourth-order valence-corrected chi connectivity index (χ4v) is 6.14. The first-order valence-corrected chi connectivity index (χ1v) is 14.2. The average molecular weight is 636 g/mol. The number of benzene rings is 2. The Morgan fingerprint density at radius 1 is 1.18 bits per heavy atom. The number of amides is 1. The molecule has 1 aliphatic carbocycles. The topological polar surface area (TPSA) is 154 Å². The summed E-state index contributed by atoms with van der Waals surface area (Å²) in [5, 5.41) is 49.9. The molecule has 0 unspecified atom stereocenters. The molecule has 1 aliphatic heterocycles. The molecule has 2 heterocycles. The van der Waals surface area contributed by atoms with Gasteiger partial charge in [0.15, 0.2) is 23.6 Å². The van der Waals surface area contributed by atoms with Gasteiger partial charge in [0, 0.05) is 23.4 Å². The van der Waals surface area contributed by atoms with E-state index in [9.17, 15) is 38.5 Å². The number of rotatable bonds is 7. The molecule has 2 fully saturated rings. The second-order valence-electron chi connectivity index (χ2n) is 10.7. The van der Waals surface area contributed by atoms with Crippen LogP contribution in [0.15, 0.2) is 36.5 Å². The van der Waals surface area contributed by atoms with Crippen LogP contribution in [-0.4, -0.2) is 86.5 Å². The van der Waals surface area contributed by atoms with Gasteiger partial charge in [0.1, 0.15) is 30.0 Å². The van der Waals surface area contributed by atoms with Gasteiger partial charge in [-0.15, -0.1) is 5.10 Å². The first-order chi connectivity index (χ1) is 21.1. The van der Waals surface area contributed by atoms with Crippen LogP contribution in [0.2, 0.25) is 5.02 Å². The lowest BCUT2D eigenvalue weighted by molar-refractivity contribution is -0.211. The molecule has 5 rings (SSSR count). The summed E-state index contributed by atoms with van der Waals surface area (Å²) in [7, 11) is 1.27. The minimum Gasteiger partial charge on any atom is -0.394 e. The van der Waals surface area contributed by atoms with E-state index >= 15 is 0 Å². The van der Waals surface area contributed by atoms with E-state index in [0.29, 0.717) is 19.3 Å². The molecule has 11 nitrogen and oxygen atoms in total. The number of nitrogens with zero attached hydrogens (tertiary/aromatic N) is 5. The van der Waals surface area contributed by atoms with Gasteiger partial charge in [0.2, 0.25) is 0 Å². The van der Waals surface area contributed by atoms with Gasteiger partial charge in [-0.25, -0.2) is 17.9 Å². The van der Waals surface area contributed by atoms with Crippen molar-refractivity contribution in [2.24, 2.45) is 0 Å². The Labute approximate surface area is 255 Å². The molecule has 7 atom stereocenters. The number of aromatic nitrogens is 3. The molecule has 2 aromatic carbocycles. The van der Waals surface area contributed by atoms with Gasteiger partial charge in [-0.2, -0.15) is 5.26 Å². The molecule has 0 radical (unpaired) electrons. The second-order valence-corrected chi connectivity index (χ2v) is 11.2. The summed E-state index contributed by atoms with van der Waals surface area (Å²) in [6.07, 6.45) is -2.95. The highest BCUT2D eigenvalue weighted by atomic mass is 35.5. The number of carbonyl (C=O) groups is 1. The summed E-state index contributed by atoms with van der Waals surface area (Å²) in [6, 6.07) is 5.89. The zero-order valence-corrected chi connectivity index (χ0v) is 24.1. The largest absolute Gasteiger partial charge is 0.394 e. The summed E-state index contributed by atoms with van der Waals surface area (Å²) in [4.78, 5) is 15.8. The van der Waals surface area contributed by atoms with Crippen molar-refractivity contribution >= 4 is 23.2 Å². The summed E-state index contributed by atoms with van der Waals surface area (Å²) in [5.74, 6) is -5.23. The molecular formula is C29H29ClF3N5O6. The molecule has 1 amide bonds. The number of hydrogen-bond acceptors (Lipinski definition) is 9. The van der Waals surface area contributed by atoms with Crippen LogP contribution < -0.4 is 4.90 Å². The number of ether oxygens (including phenoxy) is 2. The molecule has 2 aliphatic rings. The lowest BCUT2D eigenvalue weighted by Gasteiger charge is -2.46. The van der Waals surface area contributed by atoms with Gasteiger partial charge < -0.3 is 29.7 Å². The molecule has 1 saturated heterocycles. The fraction of sp³-hybridized carbons (Fsp3) is 0.448. The van der Waals surface area contributed by atoms with E-state index < -0.39 is 72.6 Å². The van der Waals surface area contributed by atoms with Crippen LogP contribution in [0.4, 0.5) is 18.9 Å². The van der Waals surface area contributed by atoms with Crippen LogP contribution >= 0.6 is 11.6 Å². The molecule has 0 spiro atoms. The van der Waals surface area contributed by atoms with E-state index in [1.807, 2.05) is 6.07 Å². The summed E-state index contributed by atoms with van der Waals surface area (Å²) < 4.78 is 54.1. The summed E-state index contributed by atoms with van der Waals surface area (Å²) >= 11 is 6.28. The Morgan fingerprint density at radius 3 is 2.52 bits per heavy atom. The van der Waals surface area contributed by atoms with Crippen molar-refractivity contribution < 1.29 is 42.8 Å². The SMILES string of the molecule is CO[C@@H]1[C@@H](n2cc(-c3cc(F)c(F)c(F)c3)nn2)[C@@H](O)[C@@H](CO)O[C@H]1C(=O)N(c1cc(Cl)cc(C#N)c1)[C@H]1CCCC[C@@H]1O. The quantitative estimate of drug-likeness (QED) is 0.333. The van der Waals surface area contributed by atoms with Crippen molar-refractivity contribution in [3.63, 3.8) is 0 Å². The molecule has 0 bridgehead atoms. The number of methoxy groups -OCH3 is 1. The van der Waals surface area contributed by atoms with E-state index in [-0.39, 0.29) is 27.5 Å². The number of carbonyl (C=O) groups excluding carboxylic acids is 1. The maximum atomic E-state index is 14.5. The zero-order chi connectivity index (χ0) is 31.7. The van der Waals surface area contributed by atoms with Crippen LogP contribution in [0.5, 0.6) is 0 Å². The zero-order valence-electron chi connectivity index (χ0n) is 23.4. The monoisotopic (exact) mass is 635 g/mol. The second kappa shape index (κ2) is 13.2. The molecule has 15 heteroatoms. The maximum Gasteiger partial charge on any atom is 0.259 e. The van der Waals surface area contributed by atoms with E-state index in [2.05, 4.69) is 10.3 Å². The van der Waals surface area contributed by atoms with E-state index in [1.165, 1.54) is 36.4 Å². The minimum atomic E-state index is -1.65. The number of nitriles is 1. The molecule has 234 valence electrons. The standard InChI is InChI=1S/C29H29ClF3N5O6/c1-43-27-25(37-12-20(35-36-37)15-8-18(31)24(33)19(32)9-15)26(41)23(13-39)44-28(27)29(42)38(21-4-2-3-5-22(21)40)17-7-14(11-34)6-16(30)10-17/h6-10,12,21-23,25-28,39-41H,2-5,13H2,1H3/t21-,22-,23+,25-,26-,27+,28+/m0/s1. The molecule has 1 saturated carbocycles. The average Bonchev–Trinajstić information content (AvgIpc) is 3.50. The molecule has 1 aromatic heterocycles. The maximum absolute atomic E-state index is 14.5. The third kappa shape index (κ3) is 6.03. The molecule has 3 N–H and O–H groups in total. The minimum absolute atomic E-state index is 0.0744. The number of aliphatic hydroxyl groups is 3. The van der Waals surface area contributed by atoms with Gasteiger partial charge in [0.05, 0.1) is 36.6 Å². The fourth-order valence-electron chi connectivity index (χ4n) is 5.91. The smallest absolute Gasteiger partial charge is 0.259 e. The van der Waals surface area contributed by atoms with Crippen molar-refractivity contribution in [2.75, 3.05) is 18.6 Å². The Bertz CT molecular complexity index is 1550. The first kappa shape index (κ1) is 31.8. The van der Waals surface area contributed by atoms with E-state index in [4.69, 9.17) is 21.1 Å². The highest BCUT2D eigenvalue weighted by Crippen LogP contribution is 2.37. The summed E-state index contributed by atoms with van der Waals surface area (Å²) in [6.45, 7) is -0.713. The normalized spacial score (nSPS) is 27.1. The first-order valence-electron chi connectivity index (χ1n) is 13.8. The van der Waals surface area contributed by atoms with E-state index in [0.717, 1.165) is 23.2 Å². The number of halogens is 4. The van der Waals surface area contributed by atoms with Gasteiger partial charge in [0.25, 0.3) is 5.91 Å². The summed E-state index contributed by atoms with van der Waals surface area (Å²) in [5.41, 5.74) is 0.194. The third-order valence-corrected chi connectivity index (χ3v) is 8.25. The number of hydrogen-bond donors (Lipinski definition) is 3. The van der Waals surface area contributed by atoms with Crippen molar-refractivity contribution in [1.29, 1.82) is 5.26 Å². The molecule has 3 aromatic rings. The van der Waals surface area contributed by atoms with Crippen LogP contribution in [0.3, 0.4) is 0 Å². The lowest BCUT2D eigenvalue weighted by Crippen LogP contribution is -2.63. The van der Waals surface area contributed by atoms with Gasteiger partial charge in [-0.05, 0) is 43.2 Å². The van der Waals surface area contributed by atoms with Crippen molar-refractivity contribution in [3.8, 4) is 17.3 Å². The number of aliphatic hydroxyl groups excluding tert-OH is 3. The third-order valence-electron chi connectivity index (χ3n) is 8.03. The Morgan fingerprint density at radius 2 is 1.89 bits per heavy atom. The van der Waals surface area contributed by atoms with E-state index in [1.54, 1.807) is 0 Å². The number of anilines is 1. The van der Waals surface area contributed by atoms with Crippen molar-refractivity contribution in [1.82, 2.24) is 15.0 Å². The van der Waals surface area contributed by atoms with Gasteiger partial charge in [-0.1, -0.05) is 29.7 Å². The predicted octanol–water partition coefficient (Wildman–Crippen LogP) is 2.90. The van der Waals surface area contributed by atoms with Crippen LogP contribution in [-0.2, 0) is 14.3 Å². The highest BCUT2D eigenvalue weighted by Gasteiger charge is 2.52. The highest BCUT2D eigenvalue weighted by molar-refractivity contribution is 6.31. The Hall–Kier alpha value is -3.58. The van der Waals surface area contributed by atoms with Gasteiger partial charge >= 0.3 is 0 Å². The van der Waals surface area contributed by atoms with Gasteiger partial charge in [-0.3, -0.25) is 4.79 Å².